The molecule has 8 heteroatoms. The van der Waals surface area contributed by atoms with E-state index in [0.717, 1.165) is 37.3 Å². The van der Waals surface area contributed by atoms with Crippen molar-refractivity contribution in [3.05, 3.63) is 29.1 Å². The summed E-state index contributed by atoms with van der Waals surface area (Å²) < 4.78 is 14.7. The normalized spacial score (nSPS) is 27.4. The van der Waals surface area contributed by atoms with Crippen molar-refractivity contribution in [2.75, 3.05) is 31.1 Å². The van der Waals surface area contributed by atoms with Crippen LogP contribution in [-0.2, 0) is 16.1 Å². The molecule has 25 heavy (non-hydrogen) atoms. The first-order valence-electron chi connectivity index (χ1n) is 8.60. The summed E-state index contributed by atoms with van der Waals surface area (Å²) in [5.74, 6) is -0.767. The first kappa shape index (κ1) is 16.8. The predicted molar refractivity (Wildman–Crippen MR) is 94.9 cm³/mol. The number of amides is 2. The van der Waals surface area contributed by atoms with Gasteiger partial charge in [-0.15, -0.1) is 0 Å². The maximum atomic E-state index is 14.7. The van der Waals surface area contributed by atoms with E-state index in [2.05, 4.69) is 23.3 Å². The number of anilines is 1. The van der Waals surface area contributed by atoms with Gasteiger partial charge in [-0.05, 0) is 29.7 Å². The van der Waals surface area contributed by atoms with Crippen LogP contribution in [0.3, 0.4) is 0 Å². The highest BCUT2D eigenvalue weighted by molar-refractivity contribution is 7.80. The van der Waals surface area contributed by atoms with Crippen LogP contribution in [0.25, 0.3) is 0 Å². The summed E-state index contributed by atoms with van der Waals surface area (Å²) in [6, 6.07) is 3.04. The lowest BCUT2D eigenvalue weighted by atomic mass is 10.0. The Balaban J connectivity index is 1.59. The number of carbonyl (C=O) groups excluding carboxylic acids is 2. The summed E-state index contributed by atoms with van der Waals surface area (Å²) in [4.78, 5) is 27.5. The Kier molecular flexibility index (Phi) is 4.43. The predicted octanol–water partition coefficient (Wildman–Crippen LogP) is 0.784. The minimum Gasteiger partial charge on any atom is -0.367 e. The minimum absolute atomic E-state index is 0.235. The van der Waals surface area contributed by atoms with Gasteiger partial charge in [-0.1, -0.05) is 0 Å². The Morgan fingerprint density at radius 2 is 1.96 bits per heavy atom. The number of nitrogens with one attached hydrogen (secondary N) is 2. The Hall–Kier alpha value is -1.64. The van der Waals surface area contributed by atoms with E-state index in [-0.39, 0.29) is 23.0 Å². The number of thiol groups is 1. The van der Waals surface area contributed by atoms with Gasteiger partial charge in [0.25, 0.3) is 0 Å². The number of hydrogen-bond donors (Lipinski definition) is 3. The highest BCUT2D eigenvalue weighted by atomic mass is 32.1. The minimum atomic E-state index is -0.404. The van der Waals surface area contributed by atoms with Crippen LogP contribution >= 0.6 is 12.6 Å². The molecular formula is C17H21FN4O2S. The largest absolute Gasteiger partial charge is 0.367 e. The fourth-order valence-corrected chi connectivity index (χ4v) is 4.37. The molecule has 0 aliphatic carbocycles. The van der Waals surface area contributed by atoms with Gasteiger partial charge >= 0.3 is 0 Å². The topological polar surface area (TPSA) is 64.7 Å². The third kappa shape index (κ3) is 3.02. The van der Waals surface area contributed by atoms with E-state index in [0.29, 0.717) is 25.1 Å². The lowest BCUT2D eigenvalue weighted by Gasteiger charge is -2.32. The lowest BCUT2D eigenvalue weighted by molar-refractivity contribution is -0.137. The molecule has 2 saturated heterocycles. The van der Waals surface area contributed by atoms with Crippen molar-refractivity contribution >= 4 is 30.1 Å². The number of carbonyl (C=O) groups is 2. The van der Waals surface area contributed by atoms with Crippen LogP contribution in [0, 0.1) is 5.82 Å². The van der Waals surface area contributed by atoms with Crippen molar-refractivity contribution in [1.29, 1.82) is 0 Å². The molecule has 3 aliphatic rings. The van der Waals surface area contributed by atoms with E-state index in [1.54, 1.807) is 6.07 Å². The fraction of sp³-hybridized carbons (Fsp3) is 0.529. The van der Waals surface area contributed by atoms with E-state index in [4.69, 9.17) is 0 Å². The van der Waals surface area contributed by atoms with Gasteiger partial charge in [0, 0.05) is 39.1 Å². The van der Waals surface area contributed by atoms with Crippen LogP contribution in [0.2, 0.25) is 0 Å². The number of piperidine rings is 1. The average Bonchev–Trinajstić information content (AvgIpc) is 2.91. The van der Waals surface area contributed by atoms with Crippen molar-refractivity contribution in [1.82, 2.24) is 15.5 Å². The summed E-state index contributed by atoms with van der Waals surface area (Å²) in [7, 11) is 0. The van der Waals surface area contributed by atoms with Crippen molar-refractivity contribution in [2.24, 2.45) is 0 Å². The molecule has 3 aliphatic heterocycles. The first-order chi connectivity index (χ1) is 12.0. The number of nitrogens with zero attached hydrogens (tertiary/aromatic N) is 2. The summed E-state index contributed by atoms with van der Waals surface area (Å²) in [6.07, 6.45) is 0.799. The molecule has 4 rings (SSSR count). The zero-order chi connectivity index (χ0) is 17.6. The second-order valence-electron chi connectivity index (χ2n) is 6.75. The van der Waals surface area contributed by atoms with Crippen LogP contribution in [-0.4, -0.2) is 48.9 Å². The highest BCUT2D eigenvalue weighted by Crippen LogP contribution is 2.41. The van der Waals surface area contributed by atoms with Crippen LogP contribution in [0.15, 0.2) is 12.1 Å². The van der Waals surface area contributed by atoms with Crippen LogP contribution < -0.4 is 15.5 Å². The van der Waals surface area contributed by atoms with Gasteiger partial charge in [-0.25, -0.2) is 4.39 Å². The van der Waals surface area contributed by atoms with Gasteiger partial charge in [0.15, 0.2) is 0 Å². The smallest absolute Gasteiger partial charge is 0.243 e. The number of piperazine rings is 1. The molecule has 0 saturated carbocycles. The Morgan fingerprint density at radius 3 is 2.68 bits per heavy atom. The standard InChI is InChI=1S/C17H21FN4O2S/c18-12-8-11-10(7-14(12)21-5-3-19-4-6-21)9-22(17(11)25)13-1-2-15(23)20-16(13)24/h7-8,13,17,19,25H,1-6,9H2,(H,20,23,24). The monoisotopic (exact) mass is 364 g/mol. The molecule has 2 fully saturated rings. The number of rotatable bonds is 2. The summed E-state index contributed by atoms with van der Waals surface area (Å²) in [5.41, 5.74) is 2.43. The quantitative estimate of drug-likeness (QED) is 0.535. The molecule has 0 spiro atoms. The van der Waals surface area contributed by atoms with Crippen molar-refractivity contribution in [2.45, 2.75) is 30.8 Å². The van der Waals surface area contributed by atoms with Gasteiger partial charge in [-0.2, -0.15) is 12.6 Å². The molecule has 2 atom stereocenters. The molecule has 0 radical (unpaired) electrons. The third-order valence-electron chi connectivity index (χ3n) is 5.22. The molecule has 134 valence electrons. The molecular weight excluding hydrogens is 343 g/mol. The second kappa shape index (κ2) is 6.59. The first-order valence-corrected chi connectivity index (χ1v) is 9.12. The van der Waals surface area contributed by atoms with Crippen molar-refractivity contribution < 1.29 is 14.0 Å². The van der Waals surface area contributed by atoms with E-state index in [9.17, 15) is 14.0 Å². The number of imide groups is 1. The summed E-state index contributed by atoms with van der Waals surface area (Å²) in [5, 5.41) is 5.31. The number of hydrogen-bond acceptors (Lipinski definition) is 6. The molecule has 2 N–H and O–H groups in total. The lowest BCUT2D eigenvalue weighted by Crippen LogP contribution is -2.51. The fourth-order valence-electron chi connectivity index (χ4n) is 3.89. The maximum Gasteiger partial charge on any atom is 0.243 e. The summed E-state index contributed by atoms with van der Waals surface area (Å²) in [6.45, 7) is 3.77. The van der Waals surface area contributed by atoms with Crippen LogP contribution in [0.1, 0.15) is 29.3 Å². The van der Waals surface area contributed by atoms with Gasteiger partial charge in [-0.3, -0.25) is 19.8 Å². The summed E-state index contributed by atoms with van der Waals surface area (Å²) >= 11 is 4.62. The SMILES string of the molecule is O=C1CCC(N2Cc3cc(N4CCNCC4)c(F)cc3C2S)C(=O)N1. The van der Waals surface area contributed by atoms with Crippen molar-refractivity contribution in [3.8, 4) is 0 Å². The molecule has 0 bridgehead atoms. The number of fused-ring (bicyclic) bond motifs is 1. The second-order valence-corrected chi connectivity index (χ2v) is 7.24. The maximum absolute atomic E-state index is 14.7. The van der Waals surface area contributed by atoms with Gasteiger partial charge in [0.1, 0.15) is 5.82 Å². The molecule has 1 aromatic rings. The molecule has 2 unspecified atom stereocenters. The van der Waals surface area contributed by atoms with E-state index in [1.165, 1.54) is 0 Å². The van der Waals surface area contributed by atoms with E-state index in [1.807, 2.05) is 15.9 Å². The van der Waals surface area contributed by atoms with Gasteiger partial charge < -0.3 is 10.2 Å². The van der Waals surface area contributed by atoms with E-state index < -0.39 is 6.04 Å². The van der Waals surface area contributed by atoms with Crippen LogP contribution in [0.5, 0.6) is 0 Å². The highest BCUT2D eigenvalue weighted by Gasteiger charge is 2.39. The number of benzene rings is 1. The van der Waals surface area contributed by atoms with Crippen molar-refractivity contribution in [3.63, 3.8) is 0 Å². The van der Waals surface area contributed by atoms with Gasteiger partial charge in [0.05, 0.1) is 17.1 Å². The Bertz CT molecular complexity index is 723. The Labute approximate surface area is 151 Å². The number of halogens is 1. The van der Waals surface area contributed by atoms with Gasteiger partial charge in [0.2, 0.25) is 11.8 Å². The average molecular weight is 364 g/mol. The third-order valence-corrected chi connectivity index (χ3v) is 5.80. The molecule has 6 nitrogen and oxygen atoms in total. The van der Waals surface area contributed by atoms with E-state index >= 15 is 0 Å². The molecule has 0 aromatic heterocycles. The molecule has 2 amide bonds. The molecule has 3 heterocycles. The van der Waals surface area contributed by atoms with Crippen LogP contribution in [0.4, 0.5) is 10.1 Å². The zero-order valence-corrected chi connectivity index (χ0v) is 14.7. The zero-order valence-electron chi connectivity index (χ0n) is 13.8. The Morgan fingerprint density at radius 1 is 1.20 bits per heavy atom. The molecule has 1 aromatic carbocycles.